The molecule has 0 bridgehead atoms. The molecule has 0 fully saturated rings. The van der Waals surface area contributed by atoms with Gasteiger partial charge in [0.2, 0.25) is 11.7 Å². The van der Waals surface area contributed by atoms with E-state index >= 15 is 0 Å². The average molecular weight is 260 g/mol. The van der Waals surface area contributed by atoms with Crippen molar-refractivity contribution in [3.05, 3.63) is 21.8 Å². The minimum Gasteiger partial charge on any atom is -0.489 e. The van der Waals surface area contributed by atoms with Crippen LogP contribution in [-0.2, 0) is 11.3 Å². The fourth-order valence-corrected chi connectivity index (χ4v) is 1.41. The van der Waals surface area contributed by atoms with Gasteiger partial charge in [0, 0.05) is 6.54 Å². The van der Waals surface area contributed by atoms with Crippen LogP contribution < -0.4 is 15.6 Å². The van der Waals surface area contributed by atoms with Gasteiger partial charge in [-0.05, 0) is 6.42 Å². The summed E-state index contributed by atoms with van der Waals surface area (Å²) in [5.41, 5.74) is -0.473. The number of methoxy groups -OCH3 is 1. The Morgan fingerprint density at radius 1 is 1.65 bits per heavy atom. The van der Waals surface area contributed by atoms with E-state index < -0.39 is 5.56 Å². The molecule has 0 aliphatic heterocycles. The fraction of sp³-hybridized carbons (Fsp3) is 0.500. The van der Waals surface area contributed by atoms with Crippen molar-refractivity contribution in [2.24, 2.45) is 0 Å². The van der Waals surface area contributed by atoms with Gasteiger partial charge in [-0.2, -0.15) is 0 Å². The maximum Gasteiger partial charge on any atom is 0.297 e. The average Bonchev–Trinajstić information content (AvgIpc) is 2.31. The van der Waals surface area contributed by atoms with Gasteiger partial charge in [0.25, 0.3) is 5.56 Å². The first-order chi connectivity index (χ1) is 8.10. The lowest BCUT2D eigenvalue weighted by atomic mass is 10.4. The monoisotopic (exact) mass is 259 g/mol. The van der Waals surface area contributed by atoms with Crippen molar-refractivity contribution >= 4 is 17.5 Å². The standard InChI is InChI=1S/C10H14ClN3O3/c1-3-4-12-7(15)5-14-6-13-9(11)8(17-2)10(14)16/h6H,3-5H2,1-2H3,(H,12,15). The molecule has 7 heteroatoms. The van der Waals surface area contributed by atoms with Crippen LogP contribution in [0.25, 0.3) is 0 Å². The second kappa shape index (κ2) is 6.24. The maximum atomic E-state index is 11.8. The van der Waals surface area contributed by atoms with Gasteiger partial charge in [0.05, 0.1) is 13.4 Å². The summed E-state index contributed by atoms with van der Waals surface area (Å²) in [5.74, 6) is -0.308. The molecule has 1 heterocycles. The Hall–Kier alpha value is -1.56. The van der Waals surface area contributed by atoms with Crippen LogP contribution in [-0.4, -0.2) is 29.1 Å². The number of nitrogens with zero attached hydrogens (tertiary/aromatic N) is 2. The zero-order valence-corrected chi connectivity index (χ0v) is 10.5. The van der Waals surface area contributed by atoms with Crippen molar-refractivity contribution in [1.29, 1.82) is 0 Å². The zero-order chi connectivity index (χ0) is 12.8. The Balaban J connectivity index is 2.86. The summed E-state index contributed by atoms with van der Waals surface area (Å²) in [7, 11) is 1.33. The Bertz CT molecular complexity index is 459. The first kappa shape index (κ1) is 13.5. The number of hydrogen-bond donors (Lipinski definition) is 1. The van der Waals surface area contributed by atoms with Crippen LogP contribution in [0.1, 0.15) is 13.3 Å². The summed E-state index contributed by atoms with van der Waals surface area (Å²) in [6.07, 6.45) is 2.06. The highest BCUT2D eigenvalue weighted by atomic mass is 35.5. The third kappa shape index (κ3) is 3.45. The summed E-state index contributed by atoms with van der Waals surface area (Å²) < 4.78 is 5.97. The van der Waals surface area contributed by atoms with E-state index in [1.807, 2.05) is 6.92 Å². The molecule has 1 aromatic rings. The van der Waals surface area contributed by atoms with Crippen LogP contribution in [0.5, 0.6) is 5.75 Å². The highest BCUT2D eigenvalue weighted by Gasteiger charge is 2.12. The third-order valence-electron chi connectivity index (χ3n) is 2.04. The second-order valence-corrected chi connectivity index (χ2v) is 3.71. The van der Waals surface area contributed by atoms with E-state index in [-0.39, 0.29) is 23.4 Å². The molecule has 0 atom stereocenters. The van der Waals surface area contributed by atoms with E-state index in [9.17, 15) is 9.59 Å². The van der Waals surface area contributed by atoms with Crippen molar-refractivity contribution < 1.29 is 9.53 Å². The number of aromatic nitrogens is 2. The molecule has 0 aliphatic carbocycles. The molecule has 1 rings (SSSR count). The normalized spacial score (nSPS) is 10.1. The number of carbonyl (C=O) groups is 1. The molecule has 0 saturated carbocycles. The van der Waals surface area contributed by atoms with Crippen LogP contribution in [0.4, 0.5) is 0 Å². The van der Waals surface area contributed by atoms with Crippen LogP contribution in [0, 0.1) is 0 Å². The van der Waals surface area contributed by atoms with Gasteiger partial charge in [-0.15, -0.1) is 0 Å². The predicted molar refractivity (Wildman–Crippen MR) is 63.4 cm³/mol. The van der Waals surface area contributed by atoms with Gasteiger partial charge in [0.1, 0.15) is 6.54 Å². The number of hydrogen-bond acceptors (Lipinski definition) is 4. The van der Waals surface area contributed by atoms with Crippen molar-refractivity contribution in [1.82, 2.24) is 14.9 Å². The van der Waals surface area contributed by atoms with Crippen LogP contribution in [0.15, 0.2) is 11.1 Å². The first-order valence-electron chi connectivity index (χ1n) is 5.15. The SMILES string of the molecule is CCCNC(=O)Cn1cnc(Cl)c(OC)c1=O. The van der Waals surface area contributed by atoms with E-state index in [0.29, 0.717) is 6.54 Å². The molecular weight excluding hydrogens is 246 g/mol. The van der Waals surface area contributed by atoms with Gasteiger partial charge in [-0.25, -0.2) is 4.98 Å². The molecular formula is C10H14ClN3O3. The van der Waals surface area contributed by atoms with E-state index in [1.54, 1.807) is 0 Å². The second-order valence-electron chi connectivity index (χ2n) is 3.35. The molecule has 0 spiro atoms. The number of carbonyl (C=O) groups excluding carboxylic acids is 1. The number of ether oxygens (including phenoxy) is 1. The smallest absolute Gasteiger partial charge is 0.297 e. The van der Waals surface area contributed by atoms with Crippen LogP contribution in [0.3, 0.4) is 0 Å². The molecule has 17 heavy (non-hydrogen) atoms. The summed E-state index contributed by atoms with van der Waals surface area (Å²) in [6, 6.07) is 0. The summed E-state index contributed by atoms with van der Waals surface area (Å²) in [5, 5.41) is 2.65. The van der Waals surface area contributed by atoms with Crippen molar-refractivity contribution in [3.63, 3.8) is 0 Å². The van der Waals surface area contributed by atoms with Gasteiger partial charge in [0.15, 0.2) is 5.15 Å². The predicted octanol–water partition coefficient (Wildman–Crippen LogP) is 0.431. The van der Waals surface area contributed by atoms with Gasteiger partial charge in [-0.3, -0.25) is 14.2 Å². The molecule has 0 unspecified atom stereocenters. The summed E-state index contributed by atoms with van der Waals surface area (Å²) >= 11 is 5.67. The Morgan fingerprint density at radius 3 is 2.94 bits per heavy atom. The molecule has 0 saturated heterocycles. The zero-order valence-electron chi connectivity index (χ0n) is 9.70. The lowest BCUT2D eigenvalue weighted by Gasteiger charge is -2.08. The van der Waals surface area contributed by atoms with Crippen molar-refractivity contribution in [3.8, 4) is 5.75 Å². The quantitative estimate of drug-likeness (QED) is 0.779. The van der Waals surface area contributed by atoms with E-state index in [0.717, 1.165) is 11.0 Å². The Labute approximate surface area is 104 Å². The third-order valence-corrected chi connectivity index (χ3v) is 2.31. The number of rotatable bonds is 5. The van der Waals surface area contributed by atoms with Gasteiger partial charge in [-0.1, -0.05) is 18.5 Å². The molecule has 0 aliphatic rings. The molecule has 1 amide bonds. The molecule has 94 valence electrons. The lowest BCUT2D eigenvalue weighted by molar-refractivity contribution is -0.121. The molecule has 1 N–H and O–H groups in total. The van der Waals surface area contributed by atoms with Crippen LogP contribution in [0.2, 0.25) is 5.15 Å². The first-order valence-corrected chi connectivity index (χ1v) is 5.53. The molecule has 0 radical (unpaired) electrons. The topological polar surface area (TPSA) is 73.2 Å². The van der Waals surface area contributed by atoms with Crippen molar-refractivity contribution in [2.75, 3.05) is 13.7 Å². The number of halogens is 1. The van der Waals surface area contributed by atoms with E-state index in [4.69, 9.17) is 16.3 Å². The fourth-order valence-electron chi connectivity index (χ4n) is 1.21. The van der Waals surface area contributed by atoms with Gasteiger partial charge < -0.3 is 10.1 Å². The highest BCUT2D eigenvalue weighted by Crippen LogP contribution is 2.14. The Morgan fingerprint density at radius 2 is 2.35 bits per heavy atom. The van der Waals surface area contributed by atoms with E-state index in [2.05, 4.69) is 10.3 Å². The van der Waals surface area contributed by atoms with E-state index in [1.165, 1.54) is 13.4 Å². The molecule has 1 aromatic heterocycles. The minimum atomic E-state index is -0.473. The number of nitrogens with one attached hydrogen (secondary N) is 1. The van der Waals surface area contributed by atoms with Crippen molar-refractivity contribution in [2.45, 2.75) is 19.9 Å². The maximum absolute atomic E-state index is 11.8. The molecule has 6 nitrogen and oxygen atoms in total. The highest BCUT2D eigenvalue weighted by molar-refractivity contribution is 6.30. The van der Waals surface area contributed by atoms with Crippen LogP contribution >= 0.6 is 11.6 Å². The Kier molecular flexibility index (Phi) is 4.96. The lowest BCUT2D eigenvalue weighted by Crippen LogP contribution is -2.33. The summed E-state index contributed by atoms with van der Waals surface area (Å²) in [4.78, 5) is 27.0. The summed E-state index contributed by atoms with van der Waals surface area (Å²) in [6.45, 7) is 2.42. The largest absolute Gasteiger partial charge is 0.489 e. The number of amides is 1. The minimum absolute atomic E-state index is 0.0114. The molecule has 0 aromatic carbocycles. The van der Waals surface area contributed by atoms with Gasteiger partial charge >= 0.3 is 0 Å².